The number of carbonyl (C=O) groups excluding carboxylic acids is 2. The van der Waals surface area contributed by atoms with Crippen LogP contribution in [0.2, 0.25) is 0 Å². The summed E-state index contributed by atoms with van der Waals surface area (Å²) in [5, 5.41) is 9.54. The molecule has 0 aliphatic carbocycles. The number of pyridine rings is 1. The Hall–Kier alpha value is -4.05. The van der Waals surface area contributed by atoms with Crippen LogP contribution in [0.25, 0.3) is 11.0 Å². The summed E-state index contributed by atoms with van der Waals surface area (Å²) in [5.41, 5.74) is 2.34. The van der Waals surface area contributed by atoms with Crippen molar-refractivity contribution in [3.63, 3.8) is 0 Å². The topological polar surface area (TPSA) is 125 Å². The highest BCUT2D eigenvalue weighted by Crippen LogP contribution is 2.25. The number of likely N-dealkylation sites (tertiary alicyclic amines) is 1. The minimum atomic E-state index is -3.62. The second-order valence-corrected chi connectivity index (χ2v) is 11.0. The number of nitrogens with one attached hydrogen (secondary N) is 2. The molecular formula is C26H25N5O4S. The van der Waals surface area contributed by atoms with E-state index in [2.05, 4.69) is 20.5 Å². The van der Waals surface area contributed by atoms with E-state index in [9.17, 15) is 18.0 Å². The number of fused-ring (bicyclic) bond motifs is 1. The van der Waals surface area contributed by atoms with Crippen LogP contribution in [0.1, 0.15) is 39.1 Å². The Morgan fingerprint density at radius 3 is 2.58 bits per heavy atom. The first-order valence-electron chi connectivity index (χ1n) is 11.7. The van der Waals surface area contributed by atoms with Crippen molar-refractivity contribution in [2.45, 2.75) is 29.5 Å². The van der Waals surface area contributed by atoms with Gasteiger partial charge in [0.2, 0.25) is 0 Å². The Labute approximate surface area is 208 Å². The lowest BCUT2D eigenvalue weighted by molar-refractivity contribution is 0.0726. The molecule has 4 aromatic rings. The predicted molar refractivity (Wildman–Crippen MR) is 134 cm³/mol. The number of carbonyl (C=O) groups is 2. The Morgan fingerprint density at radius 2 is 1.81 bits per heavy atom. The highest BCUT2D eigenvalue weighted by Gasteiger charge is 2.34. The summed E-state index contributed by atoms with van der Waals surface area (Å²) in [6.07, 6.45) is 4.21. The number of piperidine rings is 1. The van der Waals surface area contributed by atoms with Crippen LogP contribution in [0.4, 0.5) is 0 Å². The second-order valence-electron chi connectivity index (χ2n) is 8.78. The molecular weight excluding hydrogens is 478 g/mol. The molecule has 0 bridgehead atoms. The van der Waals surface area contributed by atoms with Crippen molar-refractivity contribution >= 4 is 32.7 Å². The SMILES string of the molecule is O=C(NCc1ccc(S(=O)(=O)C2CCCN(C(=O)c3ccccc3)C2)cc1)c1cnc2[nH]ncc2c1. The summed E-state index contributed by atoms with van der Waals surface area (Å²) in [7, 11) is -3.62. The standard InChI is InChI=1S/C26H25N5O4S/c32-25(21-13-20-16-29-30-24(20)27-15-21)28-14-18-8-10-22(11-9-18)36(34,35)23-7-4-12-31(17-23)26(33)19-5-2-1-3-6-19/h1-3,5-6,8-11,13,15-16,23H,4,7,12,14,17H2,(H,28,32)(H,27,29,30). The zero-order valence-electron chi connectivity index (χ0n) is 19.4. The third kappa shape index (κ3) is 4.85. The first-order chi connectivity index (χ1) is 17.4. The molecule has 2 N–H and O–H groups in total. The van der Waals surface area contributed by atoms with Crippen molar-refractivity contribution < 1.29 is 18.0 Å². The van der Waals surface area contributed by atoms with Crippen LogP contribution in [-0.4, -0.2) is 58.7 Å². The van der Waals surface area contributed by atoms with E-state index in [1.54, 1.807) is 65.7 Å². The van der Waals surface area contributed by atoms with Crippen molar-refractivity contribution in [3.05, 3.63) is 89.7 Å². The van der Waals surface area contributed by atoms with E-state index in [1.807, 2.05) is 6.07 Å². The molecule has 0 saturated carbocycles. The summed E-state index contributed by atoms with van der Waals surface area (Å²) >= 11 is 0. The number of benzene rings is 2. The number of sulfone groups is 1. The van der Waals surface area contributed by atoms with Crippen LogP contribution >= 0.6 is 0 Å². The van der Waals surface area contributed by atoms with E-state index >= 15 is 0 Å². The minimum Gasteiger partial charge on any atom is -0.348 e. The van der Waals surface area contributed by atoms with Gasteiger partial charge in [-0.15, -0.1) is 0 Å². The van der Waals surface area contributed by atoms with Gasteiger partial charge in [-0.25, -0.2) is 13.4 Å². The molecule has 2 aromatic heterocycles. The third-order valence-electron chi connectivity index (χ3n) is 6.38. The monoisotopic (exact) mass is 503 g/mol. The van der Waals surface area contributed by atoms with Gasteiger partial charge in [-0.3, -0.25) is 14.7 Å². The molecule has 36 heavy (non-hydrogen) atoms. The molecule has 1 unspecified atom stereocenters. The molecule has 2 aromatic carbocycles. The Morgan fingerprint density at radius 1 is 1.03 bits per heavy atom. The van der Waals surface area contributed by atoms with Crippen LogP contribution in [0, 0.1) is 0 Å². The Bertz CT molecular complexity index is 1500. The number of hydrogen-bond acceptors (Lipinski definition) is 6. The van der Waals surface area contributed by atoms with Crippen molar-refractivity contribution in [1.29, 1.82) is 0 Å². The Kier molecular flexibility index (Phi) is 6.51. The first-order valence-corrected chi connectivity index (χ1v) is 13.2. The zero-order valence-corrected chi connectivity index (χ0v) is 20.2. The van der Waals surface area contributed by atoms with E-state index in [4.69, 9.17) is 0 Å². The molecule has 0 radical (unpaired) electrons. The van der Waals surface area contributed by atoms with Crippen molar-refractivity contribution in [2.75, 3.05) is 13.1 Å². The fourth-order valence-corrected chi connectivity index (χ4v) is 6.13. The van der Waals surface area contributed by atoms with Gasteiger partial charge < -0.3 is 10.2 Å². The van der Waals surface area contributed by atoms with Crippen LogP contribution in [0.15, 0.2) is 78.0 Å². The summed E-state index contributed by atoms with van der Waals surface area (Å²) in [6.45, 7) is 0.954. The summed E-state index contributed by atoms with van der Waals surface area (Å²) in [6, 6.07) is 17.1. The molecule has 1 atom stereocenters. The predicted octanol–water partition coefficient (Wildman–Crippen LogP) is 2.97. The Balaban J connectivity index is 1.22. The second kappa shape index (κ2) is 9.90. The van der Waals surface area contributed by atoms with Gasteiger partial charge in [0, 0.05) is 36.8 Å². The molecule has 1 aliphatic rings. The fourth-order valence-electron chi connectivity index (χ4n) is 4.37. The molecule has 1 fully saturated rings. The van der Waals surface area contributed by atoms with Gasteiger partial charge in [-0.05, 0) is 48.7 Å². The average molecular weight is 504 g/mol. The lowest BCUT2D eigenvalue weighted by Gasteiger charge is -2.32. The molecule has 1 saturated heterocycles. The highest BCUT2D eigenvalue weighted by atomic mass is 32.2. The number of aromatic nitrogens is 3. The number of amides is 2. The van der Waals surface area contributed by atoms with E-state index in [0.29, 0.717) is 36.2 Å². The van der Waals surface area contributed by atoms with Gasteiger partial charge in [0.05, 0.1) is 21.9 Å². The van der Waals surface area contributed by atoms with Crippen molar-refractivity contribution in [1.82, 2.24) is 25.4 Å². The summed E-state index contributed by atoms with van der Waals surface area (Å²) in [4.78, 5) is 31.3. The molecule has 5 rings (SSSR count). The summed E-state index contributed by atoms with van der Waals surface area (Å²) in [5.74, 6) is -0.434. The average Bonchev–Trinajstić information content (AvgIpc) is 3.40. The van der Waals surface area contributed by atoms with E-state index in [0.717, 1.165) is 10.9 Å². The number of hydrogen-bond donors (Lipinski definition) is 2. The van der Waals surface area contributed by atoms with Gasteiger partial charge in [0.1, 0.15) is 0 Å². The van der Waals surface area contributed by atoms with Gasteiger partial charge >= 0.3 is 0 Å². The molecule has 0 spiro atoms. The maximum atomic E-state index is 13.3. The number of rotatable bonds is 6. The lowest BCUT2D eigenvalue weighted by Crippen LogP contribution is -2.45. The molecule has 3 heterocycles. The summed E-state index contributed by atoms with van der Waals surface area (Å²) < 4.78 is 26.6. The molecule has 10 heteroatoms. The first kappa shape index (κ1) is 23.7. The molecule has 2 amide bonds. The largest absolute Gasteiger partial charge is 0.348 e. The normalized spacial score (nSPS) is 16.1. The van der Waals surface area contributed by atoms with Crippen LogP contribution in [-0.2, 0) is 16.4 Å². The molecule has 9 nitrogen and oxygen atoms in total. The molecule has 184 valence electrons. The number of H-pyrrole nitrogens is 1. The maximum Gasteiger partial charge on any atom is 0.253 e. The van der Waals surface area contributed by atoms with Crippen LogP contribution in [0.5, 0.6) is 0 Å². The van der Waals surface area contributed by atoms with Gasteiger partial charge in [0.15, 0.2) is 15.5 Å². The quantitative estimate of drug-likeness (QED) is 0.417. The zero-order chi connectivity index (χ0) is 25.1. The smallest absolute Gasteiger partial charge is 0.253 e. The fraction of sp³-hybridized carbons (Fsp3) is 0.231. The van der Waals surface area contributed by atoms with Gasteiger partial charge in [-0.2, -0.15) is 5.10 Å². The highest BCUT2D eigenvalue weighted by molar-refractivity contribution is 7.92. The lowest BCUT2D eigenvalue weighted by atomic mass is 10.1. The van der Waals surface area contributed by atoms with E-state index in [1.165, 1.54) is 6.20 Å². The van der Waals surface area contributed by atoms with Gasteiger partial charge in [-0.1, -0.05) is 30.3 Å². The van der Waals surface area contributed by atoms with Gasteiger partial charge in [0.25, 0.3) is 11.8 Å². The van der Waals surface area contributed by atoms with E-state index in [-0.39, 0.29) is 29.8 Å². The maximum absolute atomic E-state index is 13.3. The van der Waals surface area contributed by atoms with Crippen molar-refractivity contribution in [2.24, 2.45) is 0 Å². The minimum absolute atomic E-state index is 0.149. The number of aromatic amines is 1. The third-order valence-corrected chi connectivity index (χ3v) is 8.58. The van der Waals surface area contributed by atoms with Crippen molar-refractivity contribution in [3.8, 4) is 0 Å². The van der Waals surface area contributed by atoms with E-state index < -0.39 is 15.1 Å². The number of nitrogens with zero attached hydrogens (tertiary/aromatic N) is 3. The van der Waals surface area contributed by atoms with Crippen LogP contribution in [0.3, 0.4) is 0 Å². The molecule has 1 aliphatic heterocycles. The van der Waals surface area contributed by atoms with Crippen LogP contribution < -0.4 is 5.32 Å².